The molecule has 0 spiro atoms. The van der Waals surface area contributed by atoms with Gasteiger partial charge in [0.05, 0.1) is 44.4 Å². The summed E-state index contributed by atoms with van der Waals surface area (Å²) < 4.78 is 28.4. The van der Waals surface area contributed by atoms with E-state index in [0.717, 1.165) is 16.9 Å². The lowest BCUT2D eigenvalue weighted by molar-refractivity contribution is -0.156. The van der Waals surface area contributed by atoms with Gasteiger partial charge in [0, 0.05) is 6.07 Å². The Labute approximate surface area is 265 Å². The molecule has 0 saturated heterocycles. The van der Waals surface area contributed by atoms with Gasteiger partial charge in [-0.05, 0) is 101 Å². The number of benzene rings is 2. The van der Waals surface area contributed by atoms with Crippen molar-refractivity contribution in [2.75, 3.05) is 33.5 Å². The molecule has 0 bridgehead atoms. The highest BCUT2D eigenvalue weighted by Gasteiger charge is 2.30. The van der Waals surface area contributed by atoms with Crippen LogP contribution in [0.4, 0.5) is 0 Å². The molecule has 0 aliphatic heterocycles. The Morgan fingerprint density at radius 2 is 1.09 bits per heavy atom. The number of carbonyl (C=O) groups excluding carboxylic acids is 2. The quantitative estimate of drug-likeness (QED) is 0.0895. The van der Waals surface area contributed by atoms with E-state index in [1.807, 2.05) is 110 Å². The Morgan fingerprint density at radius 3 is 1.50 bits per heavy atom. The fraction of sp³-hybridized carbons (Fsp3) is 0.568. The van der Waals surface area contributed by atoms with Crippen molar-refractivity contribution >= 4 is 24.1 Å². The Hall–Kier alpha value is -3.48. The van der Waals surface area contributed by atoms with Gasteiger partial charge in [-0.2, -0.15) is 0 Å². The lowest BCUT2D eigenvalue weighted by Gasteiger charge is -2.23. The Kier molecular flexibility index (Phi) is 14.8. The molecule has 0 saturated carbocycles. The average Bonchev–Trinajstić information content (AvgIpc) is 2.98. The number of hydrogen-bond donors (Lipinski definition) is 0. The maximum atomic E-state index is 12.5. The Bertz CT molecular complexity index is 1130. The molecule has 0 atom stereocenters. The zero-order valence-corrected chi connectivity index (χ0v) is 28.4. The minimum absolute atomic E-state index is 0.177. The summed E-state index contributed by atoms with van der Waals surface area (Å²) in [5, 5.41) is 0. The molecule has 244 valence electrons. The van der Waals surface area contributed by atoms with Crippen LogP contribution in [0.3, 0.4) is 0 Å². The van der Waals surface area contributed by atoms with Gasteiger partial charge < -0.3 is 23.7 Å². The maximum Gasteiger partial charge on any atom is 0.311 e. The zero-order chi connectivity index (χ0) is 32.8. The van der Waals surface area contributed by atoms with Crippen LogP contribution in [0.15, 0.2) is 42.5 Å². The second kappa shape index (κ2) is 17.7. The van der Waals surface area contributed by atoms with E-state index in [2.05, 4.69) is 0 Å². The molecule has 2 aromatic rings. The summed E-state index contributed by atoms with van der Waals surface area (Å²) in [5.41, 5.74) is 0.816. The summed E-state index contributed by atoms with van der Waals surface area (Å²) in [5.74, 6) is 2.44. The van der Waals surface area contributed by atoms with Crippen LogP contribution in [0.1, 0.15) is 92.2 Å². The first-order chi connectivity index (χ1) is 20.7. The first-order valence-electron chi connectivity index (χ1n) is 15.8. The predicted molar refractivity (Wildman–Crippen MR) is 177 cm³/mol. The third-order valence-corrected chi connectivity index (χ3v) is 7.12. The minimum Gasteiger partial charge on any atom is -0.497 e. The van der Waals surface area contributed by atoms with Gasteiger partial charge in [-0.15, -0.1) is 0 Å². The molecular weight excluding hydrogens is 556 g/mol. The SMILES string of the molecule is COc1ccc(/C=C/c2cc(OCCCC(C)(C)C(=O)OCC(C)C)cc(OCCCC(C)(C)C(=O)OCC(C)C)c2)cc1. The van der Waals surface area contributed by atoms with Crippen molar-refractivity contribution in [1.29, 1.82) is 0 Å². The van der Waals surface area contributed by atoms with Crippen molar-refractivity contribution in [1.82, 2.24) is 0 Å². The lowest BCUT2D eigenvalue weighted by Crippen LogP contribution is -2.28. The minimum atomic E-state index is -0.579. The third kappa shape index (κ3) is 13.4. The highest BCUT2D eigenvalue weighted by atomic mass is 16.5. The summed E-state index contributed by atoms with van der Waals surface area (Å²) in [7, 11) is 1.65. The second-order valence-corrected chi connectivity index (χ2v) is 13.5. The van der Waals surface area contributed by atoms with Gasteiger partial charge in [-0.25, -0.2) is 0 Å². The lowest BCUT2D eigenvalue weighted by atomic mass is 9.88. The molecule has 0 unspecified atom stereocenters. The van der Waals surface area contributed by atoms with Crippen LogP contribution >= 0.6 is 0 Å². The second-order valence-electron chi connectivity index (χ2n) is 13.5. The monoisotopic (exact) mass is 610 g/mol. The molecule has 2 rings (SSSR count). The predicted octanol–water partition coefficient (Wildman–Crippen LogP) is 8.63. The molecular formula is C37H54O7. The molecule has 0 heterocycles. The van der Waals surface area contributed by atoms with E-state index in [1.165, 1.54) is 0 Å². The van der Waals surface area contributed by atoms with Crippen LogP contribution in [-0.2, 0) is 19.1 Å². The number of methoxy groups -OCH3 is 1. The van der Waals surface area contributed by atoms with Crippen LogP contribution in [0, 0.1) is 22.7 Å². The van der Waals surface area contributed by atoms with Crippen molar-refractivity contribution in [3.63, 3.8) is 0 Å². The van der Waals surface area contributed by atoms with E-state index in [-0.39, 0.29) is 11.9 Å². The van der Waals surface area contributed by atoms with Crippen LogP contribution in [-0.4, -0.2) is 45.5 Å². The van der Waals surface area contributed by atoms with Gasteiger partial charge in [-0.1, -0.05) is 52.0 Å². The molecule has 0 aliphatic carbocycles. The van der Waals surface area contributed by atoms with Crippen LogP contribution < -0.4 is 14.2 Å². The molecule has 0 amide bonds. The molecule has 7 nitrogen and oxygen atoms in total. The van der Waals surface area contributed by atoms with Gasteiger partial charge in [0.1, 0.15) is 17.2 Å². The third-order valence-electron chi connectivity index (χ3n) is 7.12. The molecule has 44 heavy (non-hydrogen) atoms. The highest BCUT2D eigenvalue weighted by Crippen LogP contribution is 2.29. The summed E-state index contributed by atoms with van der Waals surface area (Å²) in [6, 6.07) is 13.7. The van der Waals surface area contributed by atoms with E-state index >= 15 is 0 Å². The van der Waals surface area contributed by atoms with E-state index in [1.54, 1.807) is 7.11 Å². The smallest absolute Gasteiger partial charge is 0.311 e. The first kappa shape index (κ1) is 36.7. The Balaban J connectivity index is 2.05. The average molecular weight is 611 g/mol. The van der Waals surface area contributed by atoms with Gasteiger partial charge in [-0.3, -0.25) is 9.59 Å². The number of ether oxygens (including phenoxy) is 5. The molecule has 2 aromatic carbocycles. The Morgan fingerprint density at radius 1 is 0.659 bits per heavy atom. The van der Waals surface area contributed by atoms with Gasteiger partial charge in [0.15, 0.2) is 0 Å². The highest BCUT2D eigenvalue weighted by molar-refractivity contribution is 5.76. The van der Waals surface area contributed by atoms with Crippen molar-refractivity contribution < 1.29 is 33.3 Å². The van der Waals surface area contributed by atoms with Crippen molar-refractivity contribution in [3.05, 3.63) is 53.6 Å². The number of rotatable bonds is 19. The van der Waals surface area contributed by atoms with Crippen molar-refractivity contribution in [3.8, 4) is 17.2 Å². The van der Waals surface area contributed by atoms with E-state index in [0.29, 0.717) is 75.4 Å². The van der Waals surface area contributed by atoms with E-state index in [9.17, 15) is 9.59 Å². The van der Waals surface area contributed by atoms with Gasteiger partial charge in [0.2, 0.25) is 0 Å². The molecule has 0 N–H and O–H groups in total. The summed E-state index contributed by atoms with van der Waals surface area (Å²) >= 11 is 0. The largest absolute Gasteiger partial charge is 0.497 e. The molecule has 0 radical (unpaired) electrons. The molecule has 0 aromatic heterocycles. The number of hydrogen-bond acceptors (Lipinski definition) is 7. The maximum absolute atomic E-state index is 12.5. The summed E-state index contributed by atoms with van der Waals surface area (Å²) in [6.07, 6.45) is 6.75. The van der Waals surface area contributed by atoms with Crippen LogP contribution in [0.5, 0.6) is 17.2 Å². The molecule has 7 heteroatoms. The van der Waals surface area contributed by atoms with Gasteiger partial charge in [0.25, 0.3) is 0 Å². The topological polar surface area (TPSA) is 80.3 Å². The van der Waals surface area contributed by atoms with Crippen LogP contribution in [0.25, 0.3) is 12.2 Å². The van der Waals surface area contributed by atoms with Crippen molar-refractivity contribution in [2.45, 2.75) is 81.1 Å². The van der Waals surface area contributed by atoms with E-state index in [4.69, 9.17) is 23.7 Å². The zero-order valence-electron chi connectivity index (χ0n) is 28.4. The van der Waals surface area contributed by atoms with Gasteiger partial charge >= 0.3 is 11.9 Å². The summed E-state index contributed by atoms with van der Waals surface area (Å²) in [6.45, 7) is 17.5. The summed E-state index contributed by atoms with van der Waals surface area (Å²) in [4.78, 5) is 25.0. The number of esters is 2. The number of carbonyl (C=O) groups is 2. The van der Waals surface area contributed by atoms with Crippen LogP contribution in [0.2, 0.25) is 0 Å². The molecule has 0 fully saturated rings. The van der Waals surface area contributed by atoms with Crippen molar-refractivity contribution in [2.24, 2.45) is 22.7 Å². The first-order valence-corrected chi connectivity index (χ1v) is 15.8. The normalized spacial score (nSPS) is 12.1. The fourth-order valence-corrected chi connectivity index (χ4v) is 4.25. The fourth-order valence-electron chi connectivity index (χ4n) is 4.25. The molecule has 0 aliphatic rings. The standard InChI is InChI=1S/C37H54O7/c1-27(2)25-43-34(38)36(5,6)18-10-20-41-32-22-30(13-12-29-14-16-31(40-9)17-15-29)23-33(24-32)42-21-11-19-37(7,8)35(39)44-26-28(3)4/h12-17,22-24,27-28H,10-11,18-21,25-26H2,1-9H3/b13-12+. The van der Waals surface area contributed by atoms with E-state index < -0.39 is 10.8 Å².